The number of alkyl carbamates (subject to hydrolysis) is 1. The van der Waals surface area contributed by atoms with Crippen molar-refractivity contribution in [3.63, 3.8) is 0 Å². The second kappa shape index (κ2) is 8.02. The van der Waals surface area contributed by atoms with Gasteiger partial charge in [-0.3, -0.25) is 4.79 Å². The molecule has 0 radical (unpaired) electrons. The molecule has 0 heterocycles. The lowest BCUT2D eigenvalue weighted by Gasteiger charge is -2.15. The molecule has 23 heavy (non-hydrogen) atoms. The van der Waals surface area contributed by atoms with E-state index in [0.29, 0.717) is 23.7 Å². The number of amides is 2. The number of benzene rings is 1. The normalized spacial score (nSPS) is 14.7. The highest BCUT2D eigenvalue weighted by Crippen LogP contribution is 2.23. The van der Waals surface area contributed by atoms with Crippen molar-refractivity contribution in [2.24, 2.45) is 5.92 Å². The second-order valence-electron chi connectivity index (χ2n) is 5.66. The summed E-state index contributed by atoms with van der Waals surface area (Å²) in [7, 11) is 0. The Labute approximate surface area is 141 Å². The van der Waals surface area contributed by atoms with Gasteiger partial charge in [0.2, 0.25) is 5.91 Å². The number of carbonyl (C=O) groups excluding carboxylic acids is 2. The Morgan fingerprint density at radius 1 is 1.35 bits per heavy atom. The Bertz CT molecular complexity index is 582. The maximum absolute atomic E-state index is 12.2. The third kappa shape index (κ3) is 5.94. The standard InChI is InChI=1S/C17H21ClN2O3/c1-11(9-10-19-17(22)23-15-7-8-15)12(2)16(21)20-14-5-3-13(18)4-6-14/h3-6,12,15H,1,7-10H2,2H3,(H,19,22)(H,20,21). The van der Waals surface area contributed by atoms with Crippen molar-refractivity contribution in [2.45, 2.75) is 32.3 Å². The molecule has 1 saturated carbocycles. The van der Waals surface area contributed by atoms with Crippen LogP contribution in [0.15, 0.2) is 36.4 Å². The molecule has 0 spiro atoms. The van der Waals surface area contributed by atoms with Crippen molar-refractivity contribution < 1.29 is 14.3 Å². The van der Waals surface area contributed by atoms with Gasteiger partial charge in [0, 0.05) is 17.3 Å². The molecule has 124 valence electrons. The Morgan fingerprint density at radius 3 is 2.61 bits per heavy atom. The fourth-order valence-electron chi connectivity index (χ4n) is 1.89. The molecule has 6 heteroatoms. The van der Waals surface area contributed by atoms with Crippen molar-refractivity contribution >= 4 is 29.3 Å². The van der Waals surface area contributed by atoms with Crippen LogP contribution in [-0.4, -0.2) is 24.6 Å². The number of nitrogens with one attached hydrogen (secondary N) is 2. The monoisotopic (exact) mass is 336 g/mol. The number of rotatable bonds is 7. The van der Waals surface area contributed by atoms with Gasteiger partial charge >= 0.3 is 6.09 Å². The highest BCUT2D eigenvalue weighted by Gasteiger charge is 2.25. The van der Waals surface area contributed by atoms with Gasteiger partial charge in [0.25, 0.3) is 0 Å². The van der Waals surface area contributed by atoms with E-state index < -0.39 is 6.09 Å². The molecule has 2 amide bonds. The predicted octanol–water partition coefficient (Wildman–Crippen LogP) is 3.75. The maximum atomic E-state index is 12.2. The minimum absolute atomic E-state index is 0.0854. The van der Waals surface area contributed by atoms with Gasteiger partial charge in [0.1, 0.15) is 6.10 Å². The third-order valence-electron chi connectivity index (χ3n) is 3.63. The van der Waals surface area contributed by atoms with Gasteiger partial charge in [-0.05, 0) is 50.5 Å². The van der Waals surface area contributed by atoms with E-state index in [4.69, 9.17) is 16.3 Å². The van der Waals surface area contributed by atoms with Crippen LogP contribution in [0, 0.1) is 5.92 Å². The second-order valence-corrected chi connectivity index (χ2v) is 6.09. The fraction of sp³-hybridized carbons (Fsp3) is 0.412. The van der Waals surface area contributed by atoms with Gasteiger partial charge in [-0.15, -0.1) is 0 Å². The van der Waals surface area contributed by atoms with E-state index in [-0.39, 0.29) is 17.9 Å². The summed E-state index contributed by atoms with van der Waals surface area (Å²) in [6.07, 6.45) is 2.10. The van der Waals surface area contributed by atoms with E-state index >= 15 is 0 Å². The molecule has 0 aromatic heterocycles. The lowest BCUT2D eigenvalue weighted by atomic mass is 9.99. The number of hydrogen-bond acceptors (Lipinski definition) is 3. The first-order valence-electron chi connectivity index (χ1n) is 7.64. The molecule has 1 aliphatic carbocycles. The molecular formula is C17H21ClN2O3. The Morgan fingerprint density at radius 2 is 2.00 bits per heavy atom. The topological polar surface area (TPSA) is 67.4 Å². The van der Waals surface area contributed by atoms with Crippen molar-refractivity contribution in [3.8, 4) is 0 Å². The zero-order chi connectivity index (χ0) is 16.8. The Balaban J connectivity index is 1.71. The first-order valence-corrected chi connectivity index (χ1v) is 8.02. The van der Waals surface area contributed by atoms with Gasteiger partial charge in [-0.25, -0.2) is 4.79 Å². The SMILES string of the molecule is C=C(CCNC(=O)OC1CC1)C(C)C(=O)Nc1ccc(Cl)cc1. The summed E-state index contributed by atoms with van der Waals surface area (Å²) >= 11 is 5.81. The molecule has 2 rings (SSSR count). The summed E-state index contributed by atoms with van der Waals surface area (Å²) in [5.41, 5.74) is 1.44. The van der Waals surface area contributed by atoms with E-state index in [1.54, 1.807) is 31.2 Å². The molecule has 1 fully saturated rings. The highest BCUT2D eigenvalue weighted by atomic mass is 35.5. The van der Waals surface area contributed by atoms with Gasteiger partial charge in [0.15, 0.2) is 0 Å². The Kier molecular flexibility index (Phi) is 6.04. The van der Waals surface area contributed by atoms with Crippen molar-refractivity contribution in [2.75, 3.05) is 11.9 Å². The number of hydrogen-bond donors (Lipinski definition) is 2. The number of halogens is 1. The summed E-state index contributed by atoms with van der Waals surface area (Å²) in [4.78, 5) is 23.6. The van der Waals surface area contributed by atoms with E-state index in [0.717, 1.165) is 18.4 Å². The molecule has 0 aliphatic heterocycles. The average molecular weight is 337 g/mol. The average Bonchev–Trinajstić information content (AvgIpc) is 3.32. The Hall–Kier alpha value is -2.01. The van der Waals surface area contributed by atoms with Crippen LogP contribution < -0.4 is 10.6 Å². The molecule has 1 aromatic carbocycles. The summed E-state index contributed by atoms with van der Waals surface area (Å²) in [6.45, 7) is 6.12. The molecule has 1 unspecified atom stereocenters. The van der Waals surface area contributed by atoms with Crippen molar-refractivity contribution in [1.29, 1.82) is 0 Å². The molecule has 1 atom stereocenters. The van der Waals surface area contributed by atoms with E-state index in [2.05, 4.69) is 17.2 Å². The minimum Gasteiger partial charge on any atom is -0.446 e. The van der Waals surface area contributed by atoms with Gasteiger partial charge in [-0.1, -0.05) is 23.8 Å². The third-order valence-corrected chi connectivity index (χ3v) is 3.88. The molecule has 1 aromatic rings. The van der Waals surface area contributed by atoms with E-state index in [9.17, 15) is 9.59 Å². The number of anilines is 1. The highest BCUT2D eigenvalue weighted by molar-refractivity contribution is 6.30. The van der Waals surface area contributed by atoms with Crippen LogP contribution in [0.4, 0.5) is 10.5 Å². The fourth-order valence-corrected chi connectivity index (χ4v) is 2.02. The quantitative estimate of drug-likeness (QED) is 0.745. The summed E-state index contributed by atoms with van der Waals surface area (Å²) < 4.78 is 5.07. The summed E-state index contributed by atoms with van der Waals surface area (Å²) in [6, 6.07) is 6.91. The van der Waals surface area contributed by atoms with Crippen LogP contribution in [0.25, 0.3) is 0 Å². The van der Waals surface area contributed by atoms with Crippen molar-refractivity contribution in [1.82, 2.24) is 5.32 Å². The molecule has 0 saturated heterocycles. The lowest BCUT2D eigenvalue weighted by Crippen LogP contribution is -2.28. The van der Waals surface area contributed by atoms with Crippen LogP contribution in [0.2, 0.25) is 5.02 Å². The van der Waals surface area contributed by atoms with Gasteiger partial charge < -0.3 is 15.4 Å². The molecular weight excluding hydrogens is 316 g/mol. The molecule has 0 bridgehead atoms. The molecule has 5 nitrogen and oxygen atoms in total. The maximum Gasteiger partial charge on any atom is 0.407 e. The van der Waals surface area contributed by atoms with E-state index in [1.165, 1.54) is 0 Å². The first-order chi connectivity index (χ1) is 11.0. The van der Waals surface area contributed by atoms with Crippen LogP contribution in [-0.2, 0) is 9.53 Å². The van der Waals surface area contributed by atoms with Crippen LogP contribution in [0.5, 0.6) is 0 Å². The molecule has 2 N–H and O–H groups in total. The number of ether oxygens (including phenoxy) is 1. The number of carbonyl (C=O) groups is 2. The van der Waals surface area contributed by atoms with Crippen LogP contribution in [0.1, 0.15) is 26.2 Å². The lowest BCUT2D eigenvalue weighted by molar-refractivity contribution is -0.118. The molecule has 1 aliphatic rings. The van der Waals surface area contributed by atoms with Crippen LogP contribution >= 0.6 is 11.6 Å². The van der Waals surface area contributed by atoms with Crippen molar-refractivity contribution in [3.05, 3.63) is 41.4 Å². The van der Waals surface area contributed by atoms with Crippen LogP contribution in [0.3, 0.4) is 0 Å². The summed E-state index contributed by atoms with van der Waals surface area (Å²) in [5.74, 6) is -0.496. The zero-order valence-electron chi connectivity index (χ0n) is 13.1. The summed E-state index contributed by atoms with van der Waals surface area (Å²) in [5, 5.41) is 6.09. The largest absolute Gasteiger partial charge is 0.446 e. The first kappa shape index (κ1) is 17.3. The predicted molar refractivity (Wildman–Crippen MR) is 90.5 cm³/mol. The van der Waals surface area contributed by atoms with Gasteiger partial charge in [0.05, 0.1) is 5.92 Å². The smallest absolute Gasteiger partial charge is 0.407 e. The minimum atomic E-state index is -0.404. The zero-order valence-corrected chi connectivity index (χ0v) is 13.9. The van der Waals surface area contributed by atoms with Gasteiger partial charge in [-0.2, -0.15) is 0 Å². The van der Waals surface area contributed by atoms with E-state index in [1.807, 2.05) is 0 Å².